The fourth-order valence-electron chi connectivity index (χ4n) is 3.28. The Hall–Kier alpha value is -2.27. The lowest BCUT2D eigenvalue weighted by Crippen LogP contribution is -2.39. The topological polar surface area (TPSA) is 20.3 Å². The molecule has 1 heterocycles. The molecule has 1 unspecified atom stereocenters. The van der Waals surface area contributed by atoms with E-state index in [1.54, 1.807) is 36.1 Å². The van der Waals surface area contributed by atoms with E-state index >= 15 is 0 Å². The lowest BCUT2D eigenvalue weighted by Gasteiger charge is -2.36. The van der Waals surface area contributed by atoms with Crippen molar-refractivity contribution in [3.8, 4) is 0 Å². The standard InChI is InChI=1S/C20H17ClF3NO/c1-12(2)19(26)25-10-13-7-8-14(20(22,23)24)9-16(13)17(11-25)15-5-3-4-6-18(15)21/h3-9,17H,1,10-11H2,2H3. The van der Waals surface area contributed by atoms with Crippen molar-refractivity contribution in [3.05, 3.63) is 81.9 Å². The van der Waals surface area contributed by atoms with Crippen molar-refractivity contribution in [2.45, 2.75) is 25.6 Å². The van der Waals surface area contributed by atoms with Crippen LogP contribution in [0.15, 0.2) is 54.6 Å². The summed E-state index contributed by atoms with van der Waals surface area (Å²) in [5, 5.41) is 0.463. The Labute approximate surface area is 154 Å². The highest BCUT2D eigenvalue weighted by molar-refractivity contribution is 6.31. The Morgan fingerprint density at radius 2 is 1.88 bits per heavy atom. The van der Waals surface area contributed by atoms with E-state index in [0.717, 1.165) is 6.07 Å². The third kappa shape index (κ3) is 3.49. The van der Waals surface area contributed by atoms with E-state index in [1.165, 1.54) is 12.1 Å². The van der Waals surface area contributed by atoms with E-state index in [9.17, 15) is 18.0 Å². The molecule has 0 aromatic heterocycles. The Balaban J connectivity index is 2.13. The molecule has 3 rings (SSSR count). The van der Waals surface area contributed by atoms with Crippen LogP contribution in [-0.4, -0.2) is 17.4 Å². The quantitative estimate of drug-likeness (QED) is 0.639. The van der Waals surface area contributed by atoms with Crippen LogP contribution in [0.5, 0.6) is 0 Å². The molecule has 1 aliphatic heterocycles. The lowest BCUT2D eigenvalue weighted by molar-refractivity contribution is -0.137. The third-order valence-electron chi connectivity index (χ3n) is 4.55. The number of carbonyl (C=O) groups excluding carboxylic acids is 1. The predicted octanol–water partition coefficient (Wildman–Crippen LogP) is 5.41. The molecule has 0 saturated heterocycles. The maximum Gasteiger partial charge on any atom is 0.416 e. The third-order valence-corrected chi connectivity index (χ3v) is 4.89. The summed E-state index contributed by atoms with van der Waals surface area (Å²) in [7, 11) is 0. The normalized spacial score (nSPS) is 17.0. The van der Waals surface area contributed by atoms with Crippen LogP contribution >= 0.6 is 11.6 Å². The van der Waals surface area contributed by atoms with E-state index in [4.69, 9.17) is 11.6 Å². The van der Waals surface area contributed by atoms with Gasteiger partial charge in [-0.05, 0) is 41.8 Å². The molecule has 2 nitrogen and oxygen atoms in total. The number of amides is 1. The fraction of sp³-hybridized carbons (Fsp3) is 0.250. The van der Waals surface area contributed by atoms with Gasteiger partial charge in [-0.3, -0.25) is 4.79 Å². The number of alkyl halides is 3. The summed E-state index contributed by atoms with van der Waals surface area (Å²) in [4.78, 5) is 14.0. The van der Waals surface area contributed by atoms with Crippen molar-refractivity contribution in [3.63, 3.8) is 0 Å². The summed E-state index contributed by atoms with van der Waals surface area (Å²) in [6.07, 6.45) is -4.43. The van der Waals surface area contributed by atoms with E-state index in [1.807, 2.05) is 0 Å². The average Bonchev–Trinajstić information content (AvgIpc) is 2.59. The van der Waals surface area contributed by atoms with Crippen LogP contribution in [0.1, 0.15) is 35.1 Å². The summed E-state index contributed by atoms with van der Waals surface area (Å²) >= 11 is 6.30. The van der Waals surface area contributed by atoms with Gasteiger partial charge in [0.25, 0.3) is 0 Å². The molecule has 1 amide bonds. The number of halogens is 4. The van der Waals surface area contributed by atoms with Crippen LogP contribution in [0, 0.1) is 0 Å². The van der Waals surface area contributed by atoms with Gasteiger partial charge in [0.1, 0.15) is 0 Å². The molecule has 0 fully saturated rings. The van der Waals surface area contributed by atoms with Crippen LogP contribution in [0.4, 0.5) is 13.2 Å². The molecule has 0 N–H and O–H groups in total. The van der Waals surface area contributed by atoms with Gasteiger partial charge in [-0.1, -0.05) is 42.4 Å². The molecular weight excluding hydrogens is 363 g/mol. The van der Waals surface area contributed by atoms with Gasteiger partial charge in [0.15, 0.2) is 0 Å². The van der Waals surface area contributed by atoms with Crippen LogP contribution in [-0.2, 0) is 17.5 Å². The van der Waals surface area contributed by atoms with Crippen LogP contribution in [0.3, 0.4) is 0 Å². The Kier molecular flexibility index (Phi) is 4.84. The number of fused-ring (bicyclic) bond motifs is 1. The van der Waals surface area contributed by atoms with Crippen LogP contribution in [0.2, 0.25) is 5.02 Å². The number of carbonyl (C=O) groups is 1. The van der Waals surface area contributed by atoms with Crippen molar-refractivity contribution in [2.24, 2.45) is 0 Å². The second kappa shape index (κ2) is 6.80. The maximum atomic E-state index is 13.2. The number of rotatable bonds is 2. The molecule has 1 aliphatic rings. The van der Waals surface area contributed by atoms with Crippen molar-refractivity contribution < 1.29 is 18.0 Å². The lowest BCUT2D eigenvalue weighted by atomic mass is 9.83. The van der Waals surface area contributed by atoms with Gasteiger partial charge in [-0.15, -0.1) is 0 Å². The second-order valence-corrected chi connectivity index (χ2v) is 6.86. The monoisotopic (exact) mass is 379 g/mol. The number of nitrogens with zero attached hydrogens (tertiary/aromatic N) is 1. The first-order valence-electron chi connectivity index (χ1n) is 8.07. The molecule has 0 saturated carbocycles. The highest BCUT2D eigenvalue weighted by Crippen LogP contribution is 2.40. The minimum Gasteiger partial charge on any atom is -0.334 e. The predicted molar refractivity (Wildman–Crippen MR) is 95.0 cm³/mol. The van der Waals surface area contributed by atoms with Crippen molar-refractivity contribution >= 4 is 17.5 Å². The molecule has 0 radical (unpaired) electrons. The van der Waals surface area contributed by atoms with Gasteiger partial charge < -0.3 is 4.90 Å². The summed E-state index contributed by atoms with van der Waals surface area (Å²) in [5.41, 5.74) is 1.63. The molecule has 6 heteroatoms. The Morgan fingerprint density at radius 1 is 1.19 bits per heavy atom. The molecule has 0 aliphatic carbocycles. The minimum absolute atomic E-state index is 0.215. The molecule has 2 aromatic carbocycles. The summed E-state index contributed by atoms with van der Waals surface area (Å²) in [6, 6.07) is 10.7. The van der Waals surface area contributed by atoms with Crippen LogP contribution < -0.4 is 0 Å². The van der Waals surface area contributed by atoms with Crippen molar-refractivity contribution in [2.75, 3.05) is 6.54 Å². The summed E-state index contributed by atoms with van der Waals surface area (Å²) in [6.45, 7) is 5.81. The highest BCUT2D eigenvalue weighted by Gasteiger charge is 2.35. The van der Waals surface area contributed by atoms with Gasteiger partial charge in [0.05, 0.1) is 5.56 Å². The zero-order valence-electron chi connectivity index (χ0n) is 14.1. The average molecular weight is 380 g/mol. The largest absolute Gasteiger partial charge is 0.416 e. The van der Waals surface area contributed by atoms with E-state index in [-0.39, 0.29) is 19.0 Å². The molecule has 1 atom stereocenters. The second-order valence-electron chi connectivity index (χ2n) is 6.45. The smallest absolute Gasteiger partial charge is 0.334 e. The zero-order valence-corrected chi connectivity index (χ0v) is 14.9. The summed E-state index contributed by atoms with van der Waals surface area (Å²) < 4.78 is 39.5. The van der Waals surface area contributed by atoms with E-state index in [0.29, 0.717) is 27.3 Å². The van der Waals surface area contributed by atoms with Gasteiger partial charge >= 0.3 is 6.18 Å². The van der Waals surface area contributed by atoms with E-state index < -0.39 is 17.7 Å². The fourth-order valence-corrected chi connectivity index (χ4v) is 3.54. The van der Waals surface area contributed by atoms with Gasteiger partial charge in [0.2, 0.25) is 5.91 Å². The summed E-state index contributed by atoms with van der Waals surface area (Å²) in [5.74, 6) is -0.648. The molecule has 2 aromatic rings. The SMILES string of the molecule is C=C(C)C(=O)N1Cc2ccc(C(F)(F)F)cc2C(c2ccccc2Cl)C1. The van der Waals surface area contributed by atoms with Gasteiger partial charge in [-0.2, -0.15) is 13.2 Å². The first-order chi connectivity index (χ1) is 12.2. The number of benzene rings is 2. The molecular formula is C20H17ClF3NO. The maximum absolute atomic E-state index is 13.2. The Bertz CT molecular complexity index is 876. The first kappa shape index (κ1) is 18.5. The zero-order chi connectivity index (χ0) is 19.1. The van der Waals surface area contributed by atoms with Crippen molar-refractivity contribution in [1.29, 1.82) is 0 Å². The van der Waals surface area contributed by atoms with Gasteiger partial charge in [0, 0.05) is 29.6 Å². The Morgan fingerprint density at radius 3 is 2.50 bits per heavy atom. The van der Waals surface area contributed by atoms with E-state index in [2.05, 4.69) is 6.58 Å². The first-order valence-corrected chi connectivity index (χ1v) is 8.45. The number of hydrogen-bond acceptors (Lipinski definition) is 1. The highest BCUT2D eigenvalue weighted by atomic mass is 35.5. The van der Waals surface area contributed by atoms with Gasteiger partial charge in [-0.25, -0.2) is 0 Å². The molecule has 26 heavy (non-hydrogen) atoms. The molecule has 136 valence electrons. The minimum atomic E-state index is -4.43. The number of hydrogen-bond donors (Lipinski definition) is 0. The molecule has 0 spiro atoms. The van der Waals surface area contributed by atoms with Crippen molar-refractivity contribution in [1.82, 2.24) is 4.90 Å². The molecule has 0 bridgehead atoms. The van der Waals surface area contributed by atoms with Crippen LogP contribution in [0.25, 0.3) is 0 Å².